The van der Waals surface area contributed by atoms with Crippen molar-refractivity contribution in [3.8, 4) is 5.75 Å². The Morgan fingerprint density at radius 2 is 1.61 bits per heavy atom. The van der Waals surface area contributed by atoms with E-state index >= 15 is 0 Å². The molecular formula is C25H32O3. The quantitative estimate of drug-likeness (QED) is 0.503. The fraction of sp³-hybridized carbons (Fsp3) is 0.480. The maximum atomic E-state index is 12.4. The summed E-state index contributed by atoms with van der Waals surface area (Å²) in [6.07, 6.45) is 7.72. The van der Waals surface area contributed by atoms with Gasteiger partial charge in [-0.2, -0.15) is 0 Å². The zero-order valence-corrected chi connectivity index (χ0v) is 17.2. The van der Waals surface area contributed by atoms with Crippen LogP contribution in [0.15, 0.2) is 48.5 Å². The number of carbonyl (C=O) groups is 1. The van der Waals surface area contributed by atoms with Gasteiger partial charge in [0.15, 0.2) is 0 Å². The Kier molecular flexibility index (Phi) is 7.53. The summed E-state index contributed by atoms with van der Waals surface area (Å²) >= 11 is 0. The second-order valence-electron chi connectivity index (χ2n) is 7.68. The Balaban J connectivity index is 1.47. The number of unbranched alkanes of at least 4 members (excludes halogenated alkanes) is 1. The fourth-order valence-electron chi connectivity index (χ4n) is 3.92. The van der Waals surface area contributed by atoms with E-state index in [0.29, 0.717) is 18.1 Å². The molecule has 0 amide bonds. The smallest absolute Gasteiger partial charge is 0.338 e. The molecule has 0 saturated heterocycles. The van der Waals surface area contributed by atoms with Gasteiger partial charge in [-0.15, -0.1) is 0 Å². The van der Waals surface area contributed by atoms with E-state index in [-0.39, 0.29) is 12.1 Å². The van der Waals surface area contributed by atoms with Crippen LogP contribution in [0.2, 0.25) is 0 Å². The van der Waals surface area contributed by atoms with Gasteiger partial charge in [0, 0.05) is 0 Å². The summed E-state index contributed by atoms with van der Waals surface area (Å²) in [6, 6.07) is 16.3. The zero-order valence-electron chi connectivity index (χ0n) is 17.2. The number of aryl methyl sites for hydroxylation is 1. The molecule has 0 radical (unpaired) electrons. The highest BCUT2D eigenvalue weighted by molar-refractivity contribution is 5.89. The summed E-state index contributed by atoms with van der Waals surface area (Å²) in [5.41, 5.74) is 3.45. The van der Waals surface area contributed by atoms with Gasteiger partial charge in [0.05, 0.1) is 12.2 Å². The van der Waals surface area contributed by atoms with Crippen LogP contribution in [-0.4, -0.2) is 18.7 Å². The summed E-state index contributed by atoms with van der Waals surface area (Å²) in [5, 5.41) is 0. The van der Waals surface area contributed by atoms with Crippen LogP contribution in [0.5, 0.6) is 5.75 Å². The molecule has 0 atom stereocenters. The van der Waals surface area contributed by atoms with Crippen molar-refractivity contribution in [2.24, 2.45) is 0 Å². The van der Waals surface area contributed by atoms with Gasteiger partial charge in [-0.3, -0.25) is 0 Å². The first kappa shape index (κ1) is 20.4. The number of hydrogen-bond donors (Lipinski definition) is 0. The first-order chi connectivity index (χ1) is 13.7. The molecule has 0 aliphatic heterocycles. The first-order valence-electron chi connectivity index (χ1n) is 10.7. The number of benzene rings is 2. The second-order valence-corrected chi connectivity index (χ2v) is 7.68. The minimum Gasteiger partial charge on any atom is -0.494 e. The zero-order chi connectivity index (χ0) is 19.8. The summed E-state index contributed by atoms with van der Waals surface area (Å²) in [5.74, 6) is 1.13. The molecule has 2 aromatic rings. The maximum absolute atomic E-state index is 12.4. The Morgan fingerprint density at radius 3 is 2.21 bits per heavy atom. The van der Waals surface area contributed by atoms with Crippen molar-refractivity contribution in [1.82, 2.24) is 0 Å². The highest BCUT2D eigenvalue weighted by Crippen LogP contribution is 2.34. The monoisotopic (exact) mass is 380 g/mol. The van der Waals surface area contributed by atoms with Crippen molar-refractivity contribution in [3.05, 3.63) is 65.2 Å². The third-order valence-corrected chi connectivity index (χ3v) is 5.62. The lowest BCUT2D eigenvalue weighted by Crippen LogP contribution is -2.24. The second kappa shape index (κ2) is 10.3. The lowest BCUT2D eigenvalue weighted by atomic mass is 9.82. The van der Waals surface area contributed by atoms with Gasteiger partial charge in [-0.25, -0.2) is 4.79 Å². The maximum Gasteiger partial charge on any atom is 0.338 e. The molecule has 2 aromatic carbocycles. The molecule has 0 heterocycles. The van der Waals surface area contributed by atoms with E-state index in [1.54, 1.807) is 12.1 Å². The fourth-order valence-corrected chi connectivity index (χ4v) is 3.92. The summed E-state index contributed by atoms with van der Waals surface area (Å²) < 4.78 is 11.2. The molecule has 1 fully saturated rings. The van der Waals surface area contributed by atoms with Crippen LogP contribution in [0.1, 0.15) is 79.8 Å². The van der Waals surface area contributed by atoms with E-state index in [4.69, 9.17) is 9.47 Å². The van der Waals surface area contributed by atoms with Gasteiger partial charge in [-0.1, -0.05) is 37.6 Å². The van der Waals surface area contributed by atoms with Gasteiger partial charge in [0.25, 0.3) is 0 Å². The average molecular weight is 381 g/mol. The minimum atomic E-state index is -0.230. The highest BCUT2D eigenvalue weighted by atomic mass is 16.5. The summed E-state index contributed by atoms with van der Waals surface area (Å²) in [7, 11) is 0. The van der Waals surface area contributed by atoms with E-state index in [0.717, 1.165) is 31.4 Å². The Labute approximate surface area is 169 Å². The van der Waals surface area contributed by atoms with Crippen LogP contribution < -0.4 is 4.74 Å². The summed E-state index contributed by atoms with van der Waals surface area (Å²) in [6.45, 7) is 4.80. The van der Waals surface area contributed by atoms with Crippen molar-refractivity contribution in [2.75, 3.05) is 6.61 Å². The first-order valence-corrected chi connectivity index (χ1v) is 10.7. The molecular weight excluding hydrogens is 348 g/mol. The molecule has 3 nitrogen and oxygen atoms in total. The number of esters is 1. The molecule has 150 valence electrons. The lowest BCUT2D eigenvalue weighted by Gasteiger charge is -2.28. The molecule has 3 heteroatoms. The minimum absolute atomic E-state index is 0.0270. The molecule has 1 aliphatic rings. The topological polar surface area (TPSA) is 35.5 Å². The molecule has 0 aromatic heterocycles. The van der Waals surface area contributed by atoms with Gasteiger partial charge >= 0.3 is 5.97 Å². The van der Waals surface area contributed by atoms with E-state index in [1.165, 1.54) is 30.4 Å². The van der Waals surface area contributed by atoms with Crippen LogP contribution in [-0.2, 0) is 11.2 Å². The molecule has 0 unspecified atom stereocenters. The SMILES string of the molecule is CCCCc1ccc(C2CCC(OC(=O)c3ccc(OCC)cc3)CC2)cc1. The summed E-state index contributed by atoms with van der Waals surface area (Å²) in [4.78, 5) is 12.4. The van der Waals surface area contributed by atoms with E-state index in [1.807, 2.05) is 19.1 Å². The largest absolute Gasteiger partial charge is 0.494 e. The molecule has 1 aliphatic carbocycles. The molecule has 0 N–H and O–H groups in total. The molecule has 1 saturated carbocycles. The van der Waals surface area contributed by atoms with Crippen molar-refractivity contribution >= 4 is 5.97 Å². The van der Waals surface area contributed by atoms with Crippen molar-refractivity contribution in [2.45, 2.75) is 70.8 Å². The Hall–Kier alpha value is -2.29. The third-order valence-electron chi connectivity index (χ3n) is 5.62. The van der Waals surface area contributed by atoms with Crippen molar-refractivity contribution in [1.29, 1.82) is 0 Å². The highest BCUT2D eigenvalue weighted by Gasteiger charge is 2.25. The van der Waals surface area contributed by atoms with Crippen LogP contribution in [0.25, 0.3) is 0 Å². The Bertz CT molecular complexity index is 725. The molecule has 3 rings (SSSR count). The predicted molar refractivity (Wildman–Crippen MR) is 113 cm³/mol. The predicted octanol–water partition coefficient (Wildman–Crippen LogP) is 6.31. The van der Waals surface area contributed by atoms with Crippen molar-refractivity contribution < 1.29 is 14.3 Å². The van der Waals surface area contributed by atoms with E-state index < -0.39 is 0 Å². The molecule has 28 heavy (non-hydrogen) atoms. The lowest BCUT2D eigenvalue weighted by molar-refractivity contribution is 0.0195. The molecule has 0 spiro atoms. The van der Waals surface area contributed by atoms with Crippen molar-refractivity contribution in [3.63, 3.8) is 0 Å². The van der Waals surface area contributed by atoms with Gasteiger partial charge in [0.2, 0.25) is 0 Å². The van der Waals surface area contributed by atoms with E-state index in [2.05, 4.69) is 31.2 Å². The third kappa shape index (κ3) is 5.60. The van der Waals surface area contributed by atoms with Crippen LogP contribution in [0.3, 0.4) is 0 Å². The number of rotatable bonds is 8. The van der Waals surface area contributed by atoms with Gasteiger partial charge in [0.1, 0.15) is 11.9 Å². The number of hydrogen-bond acceptors (Lipinski definition) is 3. The number of ether oxygens (including phenoxy) is 2. The van der Waals surface area contributed by atoms with Crippen LogP contribution >= 0.6 is 0 Å². The average Bonchev–Trinajstić information content (AvgIpc) is 2.74. The standard InChI is InChI=1S/C25H32O3/c1-3-5-6-19-7-9-20(10-8-19)21-11-17-24(18-12-21)28-25(26)22-13-15-23(16-14-22)27-4-2/h7-10,13-16,21,24H,3-6,11-12,17-18H2,1-2H3. The van der Waals surface area contributed by atoms with E-state index in [9.17, 15) is 4.79 Å². The van der Waals surface area contributed by atoms with Crippen LogP contribution in [0, 0.1) is 0 Å². The van der Waals surface area contributed by atoms with Gasteiger partial charge < -0.3 is 9.47 Å². The Morgan fingerprint density at radius 1 is 0.929 bits per heavy atom. The van der Waals surface area contributed by atoms with Gasteiger partial charge in [-0.05, 0) is 86.8 Å². The number of carbonyl (C=O) groups excluding carboxylic acids is 1. The molecule has 0 bridgehead atoms. The van der Waals surface area contributed by atoms with Crippen LogP contribution in [0.4, 0.5) is 0 Å². The normalized spacial score (nSPS) is 19.2.